The summed E-state index contributed by atoms with van der Waals surface area (Å²) in [6, 6.07) is 3.18. The fourth-order valence-corrected chi connectivity index (χ4v) is 2.09. The molecule has 4 heteroatoms. The van der Waals surface area contributed by atoms with Crippen molar-refractivity contribution in [1.82, 2.24) is 4.98 Å². The van der Waals surface area contributed by atoms with E-state index in [1.807, 2.05) is 6.92 Å². The standard InChI is InChI=1S/C13H18N2O2/c1-8-6-9(12(16)17)7-11(14-8)15-13(2,3)10-4-5-10/h6-7,10H,4-5H2,1-3H3,(H,14,15)(H,16,17). The third kappa shape index (κ3) is 2.75. The maximum Gasteiger partial charge on any atom is 0.335 e. The summed E-state index contributed by atoms with van der Waals surface area (Å²) >= 11 is 0. The normalized spacial score (nSPS) is 15.7. The zero-order valence-electron chi connectivity index (χ0n) is 10.4. The van der Waals surface area contributed by atoms with Crippen LogP contribution in [-0.2, 0) is 0 Å². The summed E-state index contributed by atoms with van der Waals surface area (Å²) in [7, 11) is 0. The van der Waals surface area contributed by atoms with Gasteiger partial charge < -0.3 is 10.4 Å². The Morgan fingerprint density at radius 1 is 1.47 bits per heavy atom. The summed E-state index contributed by atoms with van der Waals surface area (Å²) in [6.07, 6.45) is 2.47. The molecule has 1 saturated carbocycles. The van der Waals surface area contributed by atoms with E-state index in [0.717, 1.165) is 5.69 Å². The number of hydrogen-bond acceptors (Lipinski definition) is 3. The molecule has 0 radical (unpaired) electrons. The summed E-state index contributed by atoms with van der Waals surface area (Å²) in [5.74, 6) is 0.403. The second-order valence-corrected chi connectivity index (χ2v) is 5.31. The molecule has 1 aromatic rings. The van der Waals surface area contributed by atoms with Crippen molar-refractivity contribution in [2.75, 3.05) is 5.32 Å². The molecule has 2 rings (SSSR count). The first-order chi connectivity index (χ1) is 7.88. The first-order valence-electron chi connectivity index (χ1n) is 5.88. The second kappa shape index (κ2) is 4.02. The van der Waals surface area contributed by atoms with Crippen molar-refractivity contribution >= 4 is 11.8 Å². The van der Waals surface area contributed by atoms with Gasteiger partial charge in [0.25, 0.3) is 0 Å². The van der Waals surface area contributed by atoms with Crippen LogP contribution < -0.4 is 5.32 Å². The van der Waals surface area contributed by atoms with Gasteiger partial charge in [0, 0.05) is 11.2 Å². The van der Waals surface area contributed by atoms with Gasteiger partial charge in [-0.05, 0) is 51.7 Å². The van der Waals surface area contributed by atoms with Crippen molar-refractivity contribution in [1.29, 1.82) is 0 Å². The fourth-order valence-electron chi connectivity index (χ4n) is 2.09. The van der Waals surface area contributed by atoms with Gasteiger partial charge in [0.05, 0.1) is 5.56 Å². The van der Waals surface area contributed by atoms with Crippen LogP contribution in [0.5, 0.6) is 0 Å². The lowest BCUT2D eigenvalue weighted by molar-refractivity contribution is 0.0696. The average Bonchev–Trinajstić information content (AvgIpc) is 2.98. The van der Waals surface area contributed by atoms with Crippen LogP contribution >= 0.6 is 0 Å². The van der Waals surface area contributed by atoms with Gasteiger partial charge in [-0.25, -0.2) is 9.78 Å². The molecule has 0 aromatic carbocycles. The lowest BCUT2D eigenvalue weighted by Crippen LogP contribution is -2.33. The summed E-state index contributed by atoms with van der Waals surface area (Å²) in [6.45, 7) is 6.08. The summed E-state index contributed by atoms with van der Waals surface area (Å²) in [4.78, 5) is 15.3. The molecule has 0 saturated heterocycles. The molecule has 1 heterocycles. The quantitative estimate of drug-likeness (QED) is 0.840. The van der Waals surface area contributed by atoms with Crippen molar-refractivity contribution < 1.29 is 9.90 Å². The second-order valence-electron chi connectivity index (χ2n) is 5.31. The molecule has 1 aliphatic rings. The average molecular weight is 234 g/mol. The molecular formula is C13H18N2O2. The highest BCUT2D eigenvalue weighted by Crippen LogP contribution is 2.40. The van der Waals surface area contributed by atoms with Crippen LogP contribution in [0, 0.1) is 12.8 Å². The molecule has 0 unspecified atom stereocenters. The smallest absolute Gasteiger partial charge is 0.335 e. The number of hydrogen-bond donors (Lipinski definition) is 2. The minimum atomic E-state index is -0.914. The molecule has 4 nitrogen and oxygen atoms in total. The number of aromatic nitrogens is 1. The molecule has 2 N–H and O–H groups in total. The van der Waals surface area contributed by atoms with Gasteiger partial charge in [0.2, 0.25) is 0 Å². The van der Waals surface area contributed by atoms with Gasteiger partial charge in [-0.2, -0.15) is 0 Å². The third-order valence-corrected chi connectivity index (χ3v) is 3.25. The monoisotopic (exact) mass is 234 g/mol. The van der Waals surface area contributed by atoms with E-state index in [-0.39, 0.29) is 11.1 Å². The predicted molar refractivity (Wildman–Crippen MR) is 66.4 cm³/mol. The number of carboxylic acids is 1. The molecule has 0 atom stereocenters. The summed E-state index contributed by atoms with van der Waals surface area (Å²) < 4.78 is 0. The van der Waals surface area contributed by atoms with Gasteiger partial charge in [-0.1, -0.05) is 0 Å². The number of anilines is 1. The van der Waals surface area contributed by atoms with Crippen LogP contribution in [0.3, 0.4) is 0 Å². The Kier molecular flexibility index (Phi) is 2.81. The van der Waals surface area contributed by atoms with Crippen molar-refractivity contribution in [3.63, 3.8) is 0 Å². The van der Waals surface area contributed by atoms with Crippen LogP contribution in [-0.4, -0.2) is 21.6 Å². The Morgan fingerprint density at radius 2 is 2.12 bits per heavy atom. The van der Waals surface area contributed by atoms with Gasteiger partial charge in [-0.3, -0.25) is 0 Å². The number of carbonyl (C=O) groups is 1. The van der Waals surface area contributed by atoms with Crippen molar-refractivity contribution in [2.24, 2.45) is 5.92 Å². The zero-order valence-corrected chi connectivity index (χ0v) is 10.4. The van der Waals surface area contributed by atoms with E-state index in [2.05, 4.69) is 24.1 Å². The molecule has 0 spiro atoms. The fraction of sp³-hybridized carbons (Fsp3) is 0.538. The molecule has 1 aromatic heterocycles. The Morgan fingerprint density at radius 3 is 2.65 bits per heavy atom. The maximum atomic E-state index is 11.0. The molecular weight excluding hydrogens is 216 g/mol. The number of rotatable bonds is 4. The first-order valence-corrected chi connectivity index (χ1v) is 5.88. The first kappa shape index (κ1) is 11.9. The minimum absolute atomic E-state index is 0.0173. The number of nitrogens with one attached hydrogen (secondary N) is 1. The van der Waals surface area contributed by atoms with Crippen molar-refractivity contribution in [3.05, 3.63) is 23.4 Å². The Balaban J connectivity index is 2.23. The van der Waals surface area contributed by atoms with E-state index >= 15 is 0 Å². The number of pyridine rings is 1. The van der Waals surface area contributed by atoms with Crippen LogP contribution in [0.1, 0.15) is 42.7 Å². The van der Waals surface area contributed by atoms with E-state index < -0.39 is 5.97 Å². The van der Waals surface area contributed by atoms with E-state index in [4.69, 9.17) is 5.11 Å². The largest absolute Gasteiger partial charge is 0.478 e. The number of carboxylic acid groups (broad SMARTS) is 1. The highest BCUT2D eigenvalue weighted by molar-refractivity contribution is 5.88. The highest BCUT2D eigenvalue weighted by atomic mass is 16.4. The van der Waals surface area contributed by atoms with E-state index in [0.29, 0.717) is 11.7 Å². The molecule has 1 fully saturated rings. The lowest BCUT2D eigenvalue weighted by Gasteiger charge is -2.27. The Labute approximate surface area is 101 Å². The molecule has 92 valence electrons. The Bertz CT molecular complexity index is 451. The SMILES string of the molecule is Cc1cc(C(=O)O)cc(NC(C)(C)C2CC2)n1. The van der Waals surface area contributed by atoms with Crippen LogP contribution in [0.2, 0.25) is 0 Å². The number of aromatic carboxylic acids is 1. The number of aryl methyl sites for hydroxylation is 1. The Hall–Kier alpha value is -1.58. The van der Waals surface area contributed by atoms with E-state index in [1.54, 1.807) is 12.1 Å². The van der Waals surface area contributed by atoms with Gasteiger partial charge in [-0.15, -0.1) is 0 Å². The van der Waals surface area contributed by atoms with Gasteiger partial charge in [0.15, 0.2) is 0 Å². The van der Waals surface area contributed by atoms with Crippen LogP contribution in [0.4, 0.5) is 5.82 Å². The summed E-state index contributed by atoms with van der Waals surface area (Å²) in [5.41, 5.74) is 0.988. The van der Waals surface area contributed by atoms with E-state index in [9.17, 15) is 4.79 Å². The molecule has 0 amide bonds. The van der Waals surface area contributed by atoms with E-state index in [1.165, 1.54) is 12.8 Å². The molecule has 0 bridgehead atoms. The van der Waals surface area contributed by atoms with Crippen molar-refractivity contribution in [2.45, 2.75) is 39.2 Å². The third-order valence-electron chi connectivity index (χ3n) is 3.25. The van der Waals surface area contributed by atoms with Gasteiger partial charge in [0.1, 0.15) is 5.82 Å². The zero-order chi connectivity index (χ0) is 12.6. The lowest BCUT2D eigenvalue weighted by atomic mass is 9.99. The maximum absolute atomic E-state index is 11.0. The van der Waals surface area contributed by atoms with Crippen LogP contribution in [0.25, 0.3) is 0 Å². The number of nitrogens with zero attached hydrogens (tertiary/aromatic N) is 1. The topological polar surface area (TPSA) is 62.2 Å². The molecule has 0 aliphatic heterocycles. The predicted octanol–water partition coefficient (Wildman–Crippen LogP) is 2.69. The highest BCUT2D eigenvalue weighted by Gasteiger charge is 2.37. The van der Waals surface area contributed by atoms with Gasteiger partial charge >= 0.3 is 5.97 Å². The van der Waals surface area contributed by atoms with Crippen molar-refractivity contribution in [3.8, 4) is 0 Å². The summed E-state index contributed by atoms with van der Waals surface area (Å²) in [5, 5.41) is 12.3. The molecule has 1 aliphatic carbocycles. The minimum Gasteiger partial charge on any atom is -0.478 e. The molecule has 17 heavy (non-hydrogen) atoms. The van der Waals surface area contributed by atoms with Crippen LogP contribution in [0.15, 0.2) is 12.1 Å².